The average molecular weight is 413 g/mol. The number of imide groups is 1. The molecule has 2 aromatic heterocycles. The first-order valence-electron chi connectivity index (χ1n) is 9.59. The Morgan fingerprint density at radius 2 is 1.83 bits per heavy atom. The van der Waals surface area contributed by atoms with Crippen LogP contribution in [0.15, 0.2) is 64.6 Å². The Labute approximate surface area is 174 Å². The number of nitrogens with one attached hydrogen (secondary N) is 2. The fourth-order valence-corrected chi connectivity index (χ4v) is 3.85. The van der Waals surface area contributed by atoms with Crippen molar-refractivity contribution in [1.82, 2.24) is 10.6 Å². The summed E-state index contributed by atoms with van der Waals surface area (Å²) in [5.74, 6) is 0.753. The fourth-order valence-electron chi connectivity index (χ4n) is 3.00. The van der Waals surface area contributed by atoms with Crippen LogP contribution in [-0.2, 0) is 11.3 Å². The Morgan fingerprint density at radius 1 is 1.07 bits per heavy atom. The summed E-state index contributed by atoms with van der Waals surface area (Å²) < 4.78 is 5.15. The highest BCUT2D eigenvalue weighted by atomic mass is 32.1. The Morgan fingerprint density at radius 3 is 2.45 bits per heavy atom. The SMILES string of the molecule is CC(C)c1ccc([C@H]([NH2+]CC(=O)NC(=O)NCc2ccco2)c2cccs2)cc1. The topological polar surface area (TPSA) is 88.0 Å². The molecule has 1 aromatic carbocycles. The van der Waals surface area contributed by atoms with E-state index in [1.807, 2.05) is 16.8 Å². The molecule has 6 nitrogen and oxygen atoms in total. The Balaban J connectivity index is 1.57. The lowest BCUT2D eigenvalue weighted by Crippen LogP contribution is -2.87. The van der Waals surface area contributed by atoms with E-state index in [9.17, 15) is 9.59 Å². The minimum absolute atomic E-state index is 0.00754. The van der Waals surface area contributed by atoms with E-state index in [2.05, 4.69) is 54.8 Å². The van der Waals surface area contributed by atoms with Gasteiger partial charge in [-0.15, -0.1) is 11.3 Å². The number of nitrogens with two attached hydrogens (primary N) is 1. The van der Waals surface area contributed by atoms with Gasteiger partial charge in [0.2, 0.25) is 0 Å². The van der Waals surface area contributed by atoms with Crippen molar-refractivity contribution >= 4 is 23.3 Å². The summed E-state index contributed by atoms with van der Waals surface area (Å²) in [6, 6.07) is 15.5. The first-order valence-corrected chi connectivity index (χ1v) is 10.5. The van der Waals surface area contributed by atoms with Crippen LogP contribution in [0.4, 0.5) is 4.79 Å². The average Bonchev–Trinajstić information content (AvgIpc) is 3.41. The number of rotatable bonds is 8. The van der Waals surface area contributed by atoms with Crippen molar-refractivity contribution in [3.8, 4) is 0 Å². The van der Waals surface area contributed by atoms with Crippen LogP contribution in [0.1, 0.15) is 47.6 Å². The smallest absolute Gasteiger partial charge is 0.321 e. The van der Waals surface area contributed by atoms with Crippen molar-refractivity contribution in [2.75, 3.05) is 6.54 Å². The van der Waals surface area contributed by atoms with E-state index in [1.54, 1.807) is 23.5 Å². The second-order valence-corrected chi connectivity index (χ2v) is 8.04. The first-order chi connectivity index (χ1) is 14.0. The highest BCUT2D eigenvalue weighted by Crippen LogP contribution is 2.24. The molecule has 152 valence electrons. The molecule has 1 atom stereocenters. The standard InChI is InChI=1S/C22H25N3O3S/c1-15(2)16-7-9-17(10-8-16)21(19-6-4-12-29-19)23-14-20(26)25-22(27)24-13-18-5-3-11-28-18/h3-12,15,21,23H,13-14H2,1-2H3,(H2,24,25,26,27)/p+1/t21-/m0/s1. The van der Waals surface area contributed by atoms with Gasteiger partial charge in [-0.1, -0.05) is 44.2 Å². The molecule has 4 N–H and O–H groups in total. The number of carbonyl (C=O) groups is 2. The van der Waals surface area contributed by atoms with Crippen molar-refractivity contribution in [3.63, 3.8) is 0 Å². The third kappa shape index (κ3) is 6.04. The molecule has 0 aliphatic heterocycles. The predicted octanol–water partition coefficient (Wildman–Crippen LogP) is 3.14. The number of quaternary nitrogens is 1. The highest BCUT2D eigenvalue weighted by molar-refractivity contribution is 7.10. The van der Waals surface area contributed by atoms with Gasteiger partial charge in [-0.05, 0) is 35.1 Å². The van der Waals surface area contributed by atoms with Gasteiger partial charge in [-0.3, -0.25) is 10.1 Å². The van der Waals surface area contributed by atoms with Crippen LogP contribution in [-0.4, -0.2) is 18.5 Å². The summed E-state index contributed by atoms with van der Waals surface area (Å²) in [5, 5.41) is 8.94. The summed E-state index contributed by atoms with van der Waals surface area (Å²) in [6.45, 7) is 4.71. The maximum absolute atomic E-state index is 12.2. The van der Waals surface area contributed by atoms with E-state index in [0.717, 1.165) is 10.4 Å². The van der Waals surface area contributed by atoms with Crippen molar-refractivity contribution < 1.29 is 19.3 Å². The van der Waals surface area contributed by atoms with Gasteiger partial charge in [0.15, 0.2) is 6.54 Å². The van der Waals surface area contributed by atoms with Crippen LogP contribution in [0.3, 0.4) is 0 Å². The summed E-state index contributed by atoms with van der Waals surface area (Å²) in [7, 11) is 0. The van der Waals surface area contributed by atoms with Gasteiger partial charge in [0, 0.05) is 5.56 Å². The van der Waals surface area contributed by atoms with Gasteiger partial charge >= 0.3 is 6.03 Å². The largest absolute Gasteiger partial charge is 0.467 e. The number of hydrogen-bond acceptors (Lipinski definition) is 4. The maximum atomic E-state index is 12.2. The molecule has 0 fully saturated rings. The van der Waals surface area contributed by atoms with Crippen LogP contribution in [0.2, 0.25) is 0 Å². The van der Waals surface area contributed by atoms with Gasteiger partial charge < -0.3 is 15.1 Å². The second kappa shape index (κ2) is 10.0. The Hall–Kier alpha value is -2.90. The molecule has 0 aliphatic rings. The van der Waals surface area contributed by atoms with E-state index in [4.69, 9.17) is 4.42 Å². The van der Waals surface area contributed by atoms with Crippen LogP contribution in [0, 0.1) is 0 Å². The molecule has 0 unspecified atom stereocenters. The van der Waals surface area contributed by atoms with E-state index < -0.39 is 6.03 Å². The molecular weight excluding hydrogens is 386 g/mol. The molecule has 3 amide bonds. The van der Waals surface area contributed by atoms with Gasteiger partial charge in [-0.25, -0.2) is 4.79 Å². The molecule has 29 heavy (non-hydrogen) atoms. The molecule has 2 heterocycles. The molecular formula is C22H26N3O3S+. The van der Waals surface area contributed by atoms with Gasteiger partial charge in [0.25, 0.3) is 5.91 Å². The highest BCUT2D eigenvalue weighted by Gasteiger charge is 2.21. The van der Waals surface area contributed by atoms with Crippen molar-refractivity contribution in [2.24, 2.45) is 0 Å². The van der Waals surface area contributed by atoms with Gasteiger partial charge in [0.1, 0.15) is 11.8 Å². The molecule has 0 saturated heterocycles. The lowest BCUT2D eigenvalue weighted by atomic mass is 9.98. The number of amides is 3. The maximum Gasteiger partial charge on any atom is 0.321 e. The molecule has 7 heteroatoms. The van der Waals surface area contributed by atoms with E-state index in [0.29, 0.717) is 11.7 Å². The third-order valence-corrected chi connectivity index (χ3v) is 5.56. The number of furan rings is 1. The molecule has 3 rings (SSSR count). The third-order valence-electron chi connectivity index (χ3n) is 4.61. The predicted molar refractivity (Wildman–Crippen MR) is 113 cm³/mol. The van der Waals surface area contributed by atoms with Crippen LogP contribution in [0.5, 0.6) is 0 Å². The monoisotopic (exact) mass is 412 g/mol. The van der Waals surface area contributed by atoms with E-state index in [-0.39, 0.29) is 25.0 Å². The second-order valence-electron chi connectivity index (χ2n) is 7.06. The quantitative estimate of drug-likeness (QED) is 0.531. The molecule has 0 radical (unpaired) electrons. The minimum atomic E-state index is -0.534. The molecule has 0 aliphatic carbocycles. The zero-order valence-corrected chi connectivity index (χ0v) is 17.4. The lowest BCUT2D eigenvalue weighted by Gasteiger charge is -2.16. The number of hydrogen-bond donors (Lipinski definition) is 3. The number of urea groups is 1. The number of carbonyl (C=O) groups excluding carboxylic acids is 2. The summed E-state index contributed by atoms with van der Waals surface area (Å²) in [4.78, 5) is 25.3. The van der Waals surface area contributed by atoms with Crippen LogP contribution in [0.25, 0.3) is 0 Å². The van der Waals surface area contributed by atoms with Gasteiger partial charge in [-0.2, -0.15) is 0 Å². The van der Waals surface area contributed by atoms with Crippen molar-refractivity contribution in [1.29, 1.82) is 0 Å². The van der Waals surface area contributed by atoms with E-state index >= 15 is 0 Å². The Kier molecular flexibility index (Phi) is 7.21. The van der Waals surface area contributed by atoms with Crippen molar-refractivity contribution in [2.45, 2.75) is 32.4 Å². The summed E-state index contributed by atoms with van der Waals surface area (Å²) >= 11 is 1.66. The number of benzene rings is 1. The zero-order chi connectivity index (χ0) is 20.6. The fraction of sp³-hybridized carbons (Fsp3) is 0.273. The normalized spacial score (nSPS) is 12.0. The summed E-state index contributed by atoms with van der Waals surface area (Å²) in [6.07, 6.45) is 1.54. The van der Waals surface area contributed by atoms with Crippen molar-refractivity contribution in [3.05, 3.63) is 81.9 Å². The lowest BCUT2D eigenvalue weighted by molar-refractivity contribution is -0.676. The first kappa shape index (κ1) is 20.8. The van der Waals surface area contributed by atoms with Crippen LogP contribution < -0.4 is 16.0 Å². The zero-order valence-electron chi connectivity index (χ0n) is 16.6. The number of thiophene rings is 1. The molecule has 0 spiro atoms. The Bertz CT molecular complexity index is 903. The molecule has 3 aromatic rings. The van der Waals surface area contributed by atoms with Crippen LogP contribution >= 0.6 is 11.3 Å². The van der Waals surface area contributed by atoms with E-state index in [1.165, 1.54) is 11.8 Å². The molecule has 0 saturated carbocycles. The minimum Gasteiger partial charge on any atom is -0.467 e. The summed E-state index contributed by atoms with van der Waals surface area (Å²) in [5.41, 5.74) is 2.41. The molecule has 0 bridgehead atoms. The van der Waals surface area contributed by atoms with Gasteiger partial charge in [0.05, 0.1) is 17.7 Å².